The summed E-state index contributed by atoms with van der Waals surface area (Å²) in [5.74, 6) is 0. The number of aryl methyl sites for hydroxylation is 1. The third kappa shape index (κ3) is 2.07. The van der Waals surface area contributed by atoms with Gasteiger partial charge in [-0.15, -0.1) is 0 Å². The van der Waals surface area contributed by atoms with E-state index in [1.54, 1.807) is 0 Å². The Morgan fingerprint density at radius 3 is 2.21 bits per heavy atom. The molecule has 0 aliphatic heterocycles. The second-order valence-electron chi connectivity index (χ2n) is 7.50. The lowest BCUT2D eigenvalue weighted by Crippen LogP contribution is -1.88. The monoisotopic (exact) mass is 357 g/mol. The second-order valence-corrected chi connectivity index (χ2v) is 7.50. The van der Waals surface area contributed by atoms with Gasteiger partial charge < -0.3 is 4.57 Å². The summed E-state index contributed by atoms with van der Waals surface area (Å²) in [7, 11) is 2.17. The van der Waals surface area contributed by atoms with Gasteiger partial charge in [0.15, 0.2) is 0 Å². The van der Waals surface area contributed by atoms with E-state index in [1.807, 2.05) is 0 Å². The van der Waals surface area contributed by atoms with Crippen molar-refractivity contribution in [2.24, 2.45) is 7.05 Å². The summed E-state index contributed by atoms with van der Waals surface area (Å²) in [5.41, 5.74) is 5.14. The molecule has 6 aromatic rings. The van der Waals surface area contributed by atoms with Gasteiger partial charge in [-0.1, -0.05) is 84.9 Å². The highest BCUT2D eigenvalue weighted by Gasteiger charge is 2.12. The number of hydrogen-bond acceptors (Lipinski definition) is 0. The highest BCUT2D eigenvalue weighted by Crippen LogP contribution is 2.36. The molecule has 0 N–H and O–H groups in total. The van der Waals surface area contributed by atoms with Crippen molar-refractivity contribution in [3.8, 4) is 11.1 Å². The number of aromatic nitrogens is 1. The first-order chi connectivity index (χ1) is 13.8. The molecule has 0 saturated heterocycles. The van der Waals surface area contributed by atoms with Crippen molar-refractivity contribution < 1.29 is 0 Å². The molecule has 28 heavy (non-hydrogen) atoms. The van der Waals surface area contributed by atoms with Gasteiger partial charge in [-0.05, 0) is 39.4 Å². The van der Waals surface area contributed by atoms with Crippen LogP contribution in [0.3, 0.4) is 0 Å². The maximum absolute atomic E-state index is 2.33. The Labute approximate surface area is 163 Å². The van der Waals surface area contributed by atoms with E-state index in [9.17, 15) is 0 Å². The fraction of sp³-hybridized carbons (Fsp3) is 0.0370. The third-order valence-electron chi connectivity index (χ3n) is 5.98. The molecule has 0 radical (unpaired) electrons. The fourth-order valence-corrected chi connectivity index (χ4v) is 4.65. The molecular weight excluding hydrogens is 338 g/mol. The van der Waals surface area contributed by atoms with E-state index in [0.29, 0.717) is 0 Å². The van der Waals surface area contributed by atoms with E-state index in [4.69, 9.17) is 0 Å². The van der Waals surface area contributed by atoms with Crippen LogP contribution in [0, 0.1) is 0 Å². The van der Waals surface area contributed by atoms with E-state index in [-0.39, 0.29) is 0 Å². The number of rotatable bonds is 1. The Morgan fingerprint density at radius 1 is 0.536 bits per heavy atom. The third-order valence-corrected chi connectivity index (χ3v) is 5.98. The standard InChI is InChI=1S/C27H19N/c1-28-26-12-5-4-10-24(26)25-16-14-20-17-19(13-15-23(20)27(25)28)22-11-6-8-18-7-2-3-9-21(18)22/h2-17H,1H3. The molecule has 0 amide bonds. The molecule has 0 fully saturated rings. The summed E-state index contributed by atoms with van der Waals surface area (Å²) in [5, 5.41) is 7.81. The molecule has 0 unspecified atom stereocenters. The lowest BCUT2D eigenvalue weighted by Gasteiger charge is -2.09. The van der Waals surface area contributed by atoms with Gasteiger partial charge in [-0.3, -0.25) is 0 Å². The lowest BCUT2D eigenvalue weighted by molar-refractivity contribution is 1.02. The molecule has 0 aliphatic carbocycles. The molecule has 1 nitrogen and oxygen atoms in total. The quantitative estimate of drug-likeness (QED) is 0.291. The predicted octanol–water partition coefficient (Wildman–Crippen LogP) is 7.30. The van der Waals surface area contributed by atoms with Crippen molar-refractivity contribution in [2.45, 2.75) is 0 Å². The number of fused-ring (bicyclic) bond motifs is 6. The zero-order valence-corrected chi connectivity index (χ0v) is 15.7. The Kier molecular flexibility index (Phi) is 3.15. The number of nitrogens with zero attached hydrogens (tertiary/aromatic N) is 1. The first-order valence-electron chi connectivity index (χ1n) is 9.69. The van der Waals surface area contributed by atoms with Gasteiger partial charge in [0.1, 0.15) is 0 Å². The van der Waals surface area contributed by atoms with Crippen LogP contribution < -0.4 is 0 Å². The molecule has 5 aromatic carbocycles. The average Bonchev–Trinajstić information content (AvgIpc) is 3.06. The van der Waals surface area contributed by atoms with Crippen molar-refractivity contribution in [1.82, 2.24) is 4.57 Å². The second kappa shape index (κ2) is 5.71. The minimum Gasteiger partial charge on any atom is -0.343 e. The zero-order valence-electron chi connectivity index (χ0n) is 15.7. The van der Waals surface area contributed by atoms with Crippen molar-refractivity contribution in [3.05, 3.63) is 97.1 Å². The normalized spacial score (nSPS) is 11.8. The zero-order chi connectivity index (χ0) is 18.7. The smallest absolute Gasteiger partial charge is 0.0568 e. The molecule has 1 aromatic heterocycles. The van der Waals surface area contributed by atoms with Gasteiger partial charge in [-0.2, -0.15) is 0 Å². The largest absolute Gasteiger partial charge is 0.343 e. The van der Waals surface area contributed by atoms with Gasteiger partial charge in [0.2, 0.25) is 0 Å². The SMILES string of the molecule is Cn1c2ccccc2c2ccc3cc(-c4cccc5ccccc45)ccc3c21. The first kappa shape index (κ1) is 15.5. The van der Waals surface area contributed by atoms with Crippen LogP contribution in [0.2, 0.25) is 0 Å². The van der Waals surface area contributed by atoms with E-state index in [0.717, 1.165) is 0 Å². The minimum atomic E-state index is 1.27. The van der Waals surface area contributed by atoms with Crippen LogP contribution in [-0.4, -0.2) is 4.57 Å². The van der Waals surface area contributed by atoms with E-state index < -0.39 is 0 Å². The van der Waals surface area contributed by atoms with Crippen molar-refractivity contribution in [1.29, 1.82) is 0 Å². The number of hydrogen-bond donors (Lipinski definition) is 0. The predicted molar refractivity (Wildman–Crippen MR) is 121 cm³/mol. The van der Waals surface area contributed by atoms with Gasteiger partial charge in [0, 0.05) is 28.7 Å². The number of benzene rings is 5. The summed E-state index contributed by atoms with van der Waals surface area (Å²) in [4.78, 5) is 0. The molecular formula is C27H19N. The van der Waals surface area contributed by atoms with E-state index in [2.05, 4.69) is 109 Å². The van der Waals surface area contributed by atoms with Crippen molar-refractivity contribution in [2.75, 3.05) is 0 Å². The maximum atomic E-state index is 2.33. The van der Waals surface area contributed by atoms with Crippen molar-refractivity contribution >= 4 is 43.4 Å². The summed E-state index contributed by atoms with van der Waals surface area (Å²) >= 11 is 0. The molecule has 1 heterocycles. The minimum absolute atomic E-state index is 1.27. The van der Waals surface area contributed by atoms with Crippen LogP contribution in [-0.2, 0) is 7.05 Å². The van der Waals surface area contributed by atoms with Crippen LogP contribution in [0.4, 0.5) is 0 Å². The Bertz CT molecular complexity index is 1510. The topological polar surface area (TPSA) is 4.93 Å². The highest BCUT2D eigenvalue weighted by atomic mass is 14.9. The highest BCUT2D eigenvalue weighted by molar-refractivity contribution is 6.18. The lowest BCUT2D eigenvalue weighted by atomic mass is 9.95. The van der Waals surface area contributed by atoms with Crippen LogP contribution in [0.1, 0.15) is 0 Å². The molecule has 0 spiro atoms. The Balaban J connectivity index is 1.66. The first-order valence-corrected chi connectivity index (χ1v) is 9.69. The maximum Gasteiger partial charge on any atom is 0.0568 e. The summed E-state index contributed by atoms with van der Waals surface area (Å²) < 4.78 is 2.32. The van der Waals surface area contributed by atoms with Crippen molar-refractivity contribution in [3.63, 3.8) is 0 Å². The average molecular weight is 357 g/mol. The Morgan fingerprint density at radius 2 is 1.29 bits per heavy atom. The summed E-state index contributed by atoms with van der Waals surface area (Å²) in [6.07, 6.45) is 0. The fourth-order valence-electron chi connectivity index (χ4n) is 4.65. The summed E-state index contributed by atoms with van der Waals surface area (Å²) in [6.45, 7) is 0. The number of para-hydroxylation sites is 1. The van der Waals surface area contributed by atoms with Gasteiger partial charge in [0.05, 0.1) is 5.52 Å². The molecule has 0 aliphatic rings. The van der Waals surface area contributed by atoms with Gasteiger partial charge >= 0.3 is 0 Å². The van der Waals surface area contributed by atoms with E-state index in [1.165, 1.54) is 54.5 Å². The molecule has 6 rings (SSSR count). The van der Waals surface area contributed by atoms with Crippen LogP contribution >= 0.6 is 0 Å². The van der Waals surface area contributed by atoms with Crippen LogP contribution in [0.25, 0.3) is 54.5 Å². The molecule has 0 bridgehead atoms. The molecule has 1 heteroatoms. The molecule has 0 atom stereocenters. The summed E-state index contributed by atoms with van der Waals surface area (Å²) in [6, 6.07) is 35.2. The van der Waals surface area contributed by atoms with Crippen LogP contribution in [0.15, 0.2) is 97.1 Å². The molecule has 0 saturated carbocycles. The van der Waals surface area contributed by atoms with Crippen LogP contribution in [0.5, 0.6) is 0 Å². The molecule has 132 valence electrons. The Hall–Kier alpha value is -3.58. The van der Waals surface area contributed by atoms with E-state index >= 15 is 0 Å². The van der Waals surface area contributed by atoms with Gasteiger partial charge in [-0.25, -0.2) is 0 Å². The van der Waals surface area contributed by atoms with Gasteiger partial charge in [0.25, 0.3) is 0 Å².